The number of nitrogens with one attached hydrogen (secondary N) is 2. The summed E-state index contributed by atoms with van der Waals surface area (Å²) in [5.74, 6) is 0.730. The van der Waals surface area contributed by atoms with Gasteiger partial charge in [-0.3, -0.25) is 15.1 Å². The van der Waals surface area contributed by atoms with Gasteiger partial charge in [0.1, 0.15) is 23.9 Å². The van der Waals surface area contributed by atoms with Crippen LogP contribution in [-0.2, 0) is 0 Å². The average Bonchev–Trinajstić information content (AvgIpc) is 3.52. The molecule has 2 aromatic carbocycles. The summed E-state index contributed by atoms with van der Waals surface area (Å²) in [5, 5.41) is 8.44. The van der Waals surface area contributed by atoms with Gasteiger partial charge in [0.15, 0.2) is 5.82 Å². The van der Waals surface area contributed by atoms with Crippen molar-refractivity contribution in [1.82, 2.24) is 35.0 Å². The molecule has 0 aliphatic rings. The van der Waals surface area contributed by atoms with Crippen molar-refractivity contribution in [3.05, 3.63) is 79.0 Å². The number of aromatic amines is 2. The van der Waals surface area contributed by atoms with Crippen LogP contribution in [0.5, 0.6) is 5.75 Å². The van der Waals surface area contributed by atoms with Crippen LogP contribution >= 0.6 is 0 Å². The van der Waals surface area contributed by atoms with Gasteiger partial charge < -0.3 is 14.6 Å². The summed E-state index contributed by atoms with van der Waals surface area (Å²) in [6, 6.07) is 16.4. The third-order valence-electron chi connectivity index (χ3n) is 6.13. The van der Waals surface area contributed by atoms with Gasteiger partial charge in [0.25, 0.3) is 0 Å². The molecule has 0 saturated carbocycles. The number of ether oxygens (including phenoxy) is 1. The number of rotatable bonds is 7. The maximum absolute atomic E-state index is 14.5. The first-order valence-corrected chi connectivity index (χ1v) is 11.9. The molecule has 184 valence electrons. The Balaban J connectivity index is 1.41. The average molecular weight is 494 g/mol. The zero-order valence-electron chi connectivity index (χ0n) is 20.4. The summed E-state index contributed by atoms with van der Waals surface area (Å²) >= 11 is 0. The number of hydrogen-bond acceptors (Lipinski definition) is 6. The largest absolute Gasteiger partial charge is 0.492 e. The number of para-hydroxylation sites is 1. The van der Waals surface area contributed by atoms with E-state index in [1.807, 2.05) is 61.5 Å². The summed E-state index contributed by atoms with van der Waals surface area (Å²) in [4.78, 5) is 19.0. The van der Waals surface area contributed by atoms with Gasteiger partial charge in [-0.15, -0.1) is 0 Å². The molecule has 0 bridgehead atoms. The van der Waals surface area contributed by atoms with Crippen LogP contribution in [0.25, 0.3) is 55.8 Å². The second-order valence-corrected chi connectivity index (χ2v) is 9.04. The molecule has 0 atom stereocenters. The van der Waals surface area contributed by atoms with Crippen LogP contribution < -0.4 is 4.74 Å². The first-order chi connectivity index (χ1) is 18.0. The minimum atomic E-state index is -0.362. The Labute approximate surface area is 212 Å². The predicted octanol–water partition coefficient (Wildman–Crippen LogP) is 5.31. The summed E-state index contributed by atoms with van der Waals surface area (Å²) in [6.07, 6.45) is 5.26. The van der Waals surface area contributed by atoms with Crippen molar-refractivity contribution in [2.75, 3.05) is 27.2 Å². The SMILES string of the molecule is CN(C)CCOc1cc(F)cc(-c2cccc3[nH]c(-c4n[nH]c5cnc(-c6cccnc6)cc45)nc23)c1. The van der Waals surface area contributed by atoms with E-state index in [1.165, 1.54) is 12.1 Å². The molecule has 6 aromatic rings. The van der Waals surface area contributed by atoms with Gasteiger partial charge >= 0.3 is 0 Å². The molecule has 0 fully saturated rings. The molecule has 0 aliphatic carbocycles. The molecule has 9 heteroatoms. The first kappa shape index (κ1) is 22.8. The van der Waals surface area contributed by atoms with Crippen LogP contribution in [0.3, 0.4) is 0 Å². The normalized spacial score (nSPS) is 11.6. The van der Waals surface area contributed by atoms with E-state index in [1.54, 1.807) is 18.6 Å². The molecule has 8 nitrogen and oxygen atoms in total. The lowest BCUT2D eigenvalue weighted by Crippen LogP contribution is -2.19. The monoisotopic (exact) mass is 493 g/mol. The number of imidazole rings is 1. The van der Waals surface area contributed by atoms with Crippen molar-refractivity contribution in [2.24, 2.45) is 0 Å². The van der Waals surface area contributed by atoms with Crippen molar-refractivity contribution < 1.29 is 9.13 Å². The number of H-pyrrole nitrogens is 2. The summed E-state index contributed by atoms with van der Waals surface area (Å²) in [7, 11) is 3.93. The van der Waals surface area contributed by atoms with Gasteiger partial charge in [-0.1, -0.05) is 12.1 Å². The maximum Gasteiger partial charge on any atom is 0.159 e. The Bertz CT molecular complexity index is 1710. The van der Waals surface area contributed by atoms with Gasteiger partial charge in [-0.2, -0.15) is 5.10 Å². The van der Waals surface area contributed by atoms with Crippen molar-refractivity contribution >= 4 is 21.9 Å². The molecule has 4 heterocycles. The van der Waals surface area contributed by atoms with Crippen LogP contribution in [0.1, 0.15) is 0 Å². The van der Waals surface area contributed by atoms with E-state index in [4.69, 9.17) is 9.72 Å². The Morgan fingerprint density at radius 2 is 1.89 bits per heavy atom. The smallest absolute Gasteiger partial charge is 0.159 e. The molecular formula is C28H24FN7O. The molecule has 4 aromatic heterocycles. The molecule has 0 aliphatic heterocycles. The van der Waals surface area contributed by atoms with E-state index in [0.717, 1.165) is 45.3 Å². The Morgan fingerprint density at radius 3 is 2.73 bits per heavy atom. The molecular weight excluding hydrogens is 469 g/mol. The zero-order valence-corrected chi connectivity index (χ0v) is 20.4. The number of benzene rings is 2. The van der Waals surface area contributed by atoms with Gasteiger partial charge in [0.05, 0.1) is 28.4 Å². The standard InChI is InChI=1S/C28H24FN7O/c1-36(2)9-10-37-20-12-18(11-19(29)13-20)21-6-3-7-23-26(21)33-28(32-23)27-22-14-24(17-5-4-8-30-15-17)31-16-25(22)34-35-27/h3-8,11-16H,9-10H2,1-2H3,(H,32,33)(H,34,35). The quantitative estimate of drug-likeness (QED) is 0.313. The second-order valence-electron chi connectivity index (χ2n) is 9.04. The molecule has 2 N–H and O–H groups in total. The third-order valence-corrected chi connectivity index (χ3v) is 6.13. The highest BCUT2D eigenvalue weighted by Gasteiger charge is 2.17. The van der Waals surface area contributed by atoms with Crippen molar-refractivity contribution in [1.29, 1.82) is 0 Å². The number of halogens is 1. The van der Waals surface area contributed by atoms with E-state index in [-0.39, 0.29) is 5.82 Å². The fourth-order valence-corrected chi connectivity index (χ4v) is 4.29. The maximum atomic E-state index is 14.5. The topological polar surface area (TPSA) is 95.6 Å². The molecule has 0 saturated heterocycles. The Kier molecular flexibility index (Phi) is 5.82. The number of nitrogens with zero attached hydrogens (tertiary/aromatic N) is 5. The minimum absolute atomic E-state index is 0.362. The molecule has 6 rings (SSSR count). The van der Waals surface area contributed by atoms with Crippen LogP contribution in [0.4, 0.5) is 4.39 Å². The Hall–Kier alpha value is -4.63. The van der Waals surface area contributed by atoms with Crippen LogP contribution in [0.15, 0.2) is 73.2 Å². The van der Waals surface area contributed by atoms with Gasteiger partial charge in [-0.25, -0.2) is 9.37 Å². The Morgan fingerprint density at radius 1 is 0.973 bits per heavy atom. The van der Waals surface area contributed by atoms with Crippen molar-refractivity contribution in [3.63, 3.8) is 0 Å². The molecule has 0 spiro atoms. The predicted molar refractivity (Wildman–Crippen MR) is 142 cm³/mol. The van der Waals surface area contributed by atoms with Crippen molar-refractivity contribution in [3.8, 4) is 39.7 Å². The highest BCUT2D eigenvalue weighted by molar-refractivity contribution is 5.97. The summed E-state index contributed by atoms with van der Waals surface area (Å²) in [5.41, 5.74) is 6.22. The third kappa shape index (κ3) is 4.52. The fraction of sp³-hybridized carbons (Fsp3) is 0.143. The molecule has 37 heavy (non-hydrogen) atoms. The lowest BCUT2D eigenvalue weighted by molar-refractivity contribution is 0.260. The summed E-state index contributed by atoms with van der Waals surface area (Å²) in [6.45, 7) is 1.20. The van der Waals surface area contributed by atoms with Crippen LogP contribution in [-0.4, -0.2) is 62.3 Å². The second kappa shape index (κ2) is 9.44. The molecule has 0 radical (unpaired) electrons. The highest BCUT2D eigenvalue weighted by atomic mass is 19.1. The number of likely N-dealkylation sites (N-methyl/N-ethyl adjacent to an activating group) is 1. The number of fused-ring (bicyclic) bond motifs is 2. The molecule has 0 amide bonds. The van der Waals surface area contributed by atoms with E-state index < -0.39 is 0 Å². The number of pyridine rings is 2. The zero-order chi connectivity index (χ0) is 25.4. The van der Waals surface area contributed by atoms with Crippen LogP contribution in [0, 0.1) is 5.82 Å². The first-order valence-electron chi connectivity index (χ1n) is 11.9. The lowest BCUT2D eigenvalue weighted by Gasteiger charge is -2.12. The number of hydrogen-bond donors (Lipinski definition) is 2. The summed E-state index contributed by atoms with van der Waals surface area (Å²) < 4.78 is 20.3. The highest BCUT2D eigenvalue weighted by Crippen LogP contribution is 2.34. The van der Waals surface area contributed by atoms with Crippen molar-refractivity contribution in [2.45, 2.75) is 0 Å². The lowest BCUT2D eigenvalue weighted by atomic mass is 10.0. The van der Waals surface area contributed by atoms with E-state index in [0.29, 0.717) is 29.4 Å². The van der Waals surface area contributed by atoms with E-state index in [2.05, 4.69) is 25.1 Å². The molecule has 0 unspecified atom stereocenters. The minimum Gasteiger partial charge on any atom is -0.492 e. The van der Waals surface area contributed by atoms with Crippen LogP contribution in [0.2, 0.25) is 0 Å². The van der Waals surface area contributed by atoms with Gasteiger partial charge in [0, 0.05) is 41.5 Å². The van der Waals surface area contributed by atoms with Gasteiger partial charge in [-0.05, 0) is 56.1 Å². The van der Waals surface area contributed by atoms with E-state index in [9.17, 15) is 4.39 Å². The fourth-order valence-electron chi connectivity index (χ4n) is 4.29. The number of aromatic nitrogens is 6. The van der Waals surface area contributed by atoms with Gasteiger partial charge in [0.2, 0.25) is 0 Å². The van der Waals surface area contributed by atoms with E-state index >= 15 is 0 Å².